The molecule has 174 valence electrons. The third kappa shape index (κ3) is 5.54. The van der Waals surface area contributed by atoms with Gasteiger partial charge in [-0.15, -0.1) is 0 Å². The highest BCUT2D eigenvalue weighted by molar-refractivity contribution is 5.95. The lowest BCUT2D eigenvalue weighted by atomic mass is 9.81. The average Bonchev–Trinajstić information content (AvgIpc) is 2.79. The van der Waals surface area contributed by atoms with Gasteiger partial charge in [0.05, 0.1) is 19.2 Å². The van der Waals surface area contributed by atoms with E-state index in [-0.39, 0.29) is 30.3 Å². The minimum atomic E-state index is -0.412. The Morgan fingerprint density at radius 1 is 1.12 bits per heavy atom. The van der Waals surface area contributed by atoms with Gasteiger partial charge in [-0.3, -0.25) is 4.79 Å². The van der Waals surface area contributed by atoms with Crippen molar-refractivity contribution in [1.29, 1.82) is 0 Å². The van der Waals surface area contributed by atoms with Gasteiger partial charge in [0.1, 0.15) is 12.4 Å². The number of allylic oxidation sites excluding steroid dienone is 1. The van der Waals surface area contributed by atoms with Gasteiger partial charge in [-0.1, -0.05) is 69.8 Å². The second kappa shape index (κ2) is 10.1. The zero-order chi connectivity index (χ0) is 24.2. The standard InChI is InChI=1S/C28H33NO4/c1-7-16-33-27(31)26-19(2)29(18-20-8-14-23(32-6)15-9-20)25(30)17-24(26)21-10-12-22(13-11-21)28(3,4)5/h7-15,24H,1,16-18H2,2-6H3. The third-order valence-electron chi connectivity index (χ3n) is 6.05. The molecular formula is C28H33NO4. The largest absolute Gasteiger partial charge is 0.497 e. The first kappa shape index (κ1) is 24.3. The highest BCUT2D eigenvalue weighted by atomic mass is 16.5. The molecule has 5 nitrogen and oxygen atoms in total. The first-order valence-electron chi connectivity index (χ1n) is 11.2. The summed E-state index contributed by atoms with van der Waals surface area (Å²) in [4.78, 5) is 28.0. The molecule has 3 rings (SSSR count). The highest BCUT2D eigenvalue weighted by Gasteiger charge is 2.37. The van der Waals surface area contributed by atoms with E-state index in [9.17, 15) is 9.59 Å². The predicted molar refractivity (Wildman–Crippen MR) is 130 cm³/mol. The van der Waals surface area contributed by atoms with Crippen molar-refractivity contribution in [3.63, 3.8) is 0 Å². The topological polar surface area (TPSA) is 55.8 Å². The lowest BCUT2D eigenvalue weighted by Gasteiger charge is -2.34. The molecule has 33 heavy (non-hydrogen) atoms. The second-order valence-electron chi connectivity index (χ2n) is 9.34. The van der Waals surface area contributed by atoms with Gasteiger partial charge in [0.15, 0.2) is 0 Å². The Labute approximate surface area is 196 Å². The molecule has 0 radical (unpaired) electrons. The Bertz CT molecular complexity index is 1040. The van der Waals surface area contributed by atoms with Gasteiger partial charge in [0.25, 0.3) is 0 Å². The smallest absolute Gasteiger partial charge is 0.336 e. The first-order chi connectivity index (χ1) is 15.7. The Balaban J connectivity index is 1.99. The lowest BCUT2D eigenvalue weighted by Crippen LogP contribution is -2.38. The van der Waals surface area contributed by atoms with E-state index in [0.29, 0.717) is 17.8 Å². The molecule has 0 spiro atoms. The van der Waals surface area contributed by atoms with Gasteiger partial charge >= 0.3 is 5.97 Å². The summed E-state index contributed by atoms with van der Waals surface area (Å²) in [5.41, 5.74) is 4.26. The number of benzene rings is 2. The SMILES string of the molecule is C=CCOC(=O)C1=C(C)N(Cc2ccc(OC)cc2)C(=O)CC1c1ccc(C(C)(C)C)cc1. The minimum absolute atomic E-state index is 0.0199. The van der Waals surface area contributed by atoms with E-state index >= 15 is 0 Å². The molecular weight excluding hydrogens is 414 g/mol. The van der Waals surface area contributed by atoms with E-state index < -0.39 is 5.97 Å². The summed E-state index contributed by atoms with van der Waals surface area (Å²) >= 11 is 0. The van der Waals surface area contributed by atoms with E-state index in [2.05, 4.69) is 39.5 Å². The Kier molecular flexibility index (Phi) is 7.42. The maximum absolute atomic E-state index is 13.2. The maximum atomic E-state index is 13.2. The molecule has 1 amide bonds. The number of hydrogen-bond donors (Lipinski definition) is 0. The Hall–Kier alpha value is -3.34. The number of rotatable bonds is 7. The van der Waals surface area contributed by atoms with Crippen LogP contribution in [0.2, 0.25) is 0 Å². The highest BCUT2D eigenvalue weighted by Crippen LogP contribution is 2.38. The minimum Gasteiger partial charge on any atom is -0.497 e. The van der Waals surface area contributed by atoms with Crippen LogP contribution in [0.4, 0.5) is 0 Å². The zero-order valence-electron chi connectivity index (χ0n) is 20.2. The molecule has 1 aliphatic rings. The van der Waals surface area contributed by atoms with Crippen LogP contribution in [0.15, 0.2) is 72.5 Å². The van der Waals surface area contributed by atoms with Gasteiger partial charge in [0.2, 0.25) is 5.91 Å². The number of ether oxygens (including phenoxy) is 2. The quantitative estimate of drug-likeness (QED) is 0.415. The number of hydrogen-bond acceptors (Lipinski definition) is 4. The normalized spacial score (nSPS) is 16.6. The molecule has 0 aliphatic carbocycles. The number of carbonyl (C=O) groups excluding carboxylic acids is 2. The van der Waals surface area contributed by atoms with E-state index in [4.69, 9.17) is 9.47 Å². The first-order valence-corrected chi connectivity index (χ1v) is 11.2. The average molecular weight is 448 g/mol. The summed E-state index contributed by atoms with van der Waals surface area (Å²) in [6.45, 7) is 12.4. The Morgan fingerprint density at radius 3 is 2.30 bits per heavy atom. The zero-order valence-corrected chi connectivity index (χ0v) is 20.2. The molecule has 1 unspecified atom stereocenters. The molecule has 0 saturated carbocycles. The summed E-state index contributed by atoms with van der Waals surface area (Å²) in [7, 11) is 1.62. The van der Waals surface area contributed by atoms with Crippen LogP contribution >= 0.6 is 0 Å². The number of methoxy groups -OCH3 is 1. The molecule has 1 atom stereocenters. The van der Waals surface area contributed by atoms with Gasteiger partial charge in [-0.2, -0.15) is 0 Å². The van der Waals surface area contributed by atoms with Gasteiger partial charge in [-0.25, -0.2) is 4.79 Å². The van der Waals surface area contributed by atoms with E-state index in [1.807, 2.05) is 43.3 Å². The van der Waals surface area contributed by atoms with Crippen LogP contribution < -0.4 is 4.74 Å². The molecule has 0 bridgehead atoms. The lowest BCUT2D eigenvalue weighted by molar-refractivity contribution is -0.139. The number of esters is 1. The van der Waals surface area contributed by atoms with Crippen molar-refractivity contribution in [1.82, 2.24) is 4.90 Å². The summed E-state index contributed by atoms with van der Waals surface area (Å²) in [5, 5.41) is 0. The molecule has 1 heterocycles. The monoisotopic (exact) mass is 447 g/mol. The second-order valence-corrected chi connectivity index (χ2v) is 9.34. The number of carbonyl (C=O) groups is 2. The van der Waals surface area contributed by atoms with Crippen molar-refractivity contribution >= 4 is 11.9 Å². The van der Waals surface area contributed by atoms with Crippen molar-refractivity contribution in [2.45, 2.75) is 52.0 Å². The van der Waals surface area contributed by atoms with Gasteiger partial charge in [0, 0.05) is 18.0 Å². The fraction of sp³-hybridized carbons (Fsp3) is 0.357. The van der Waals surface area contributed by atoms with E-state index in [1.165, 1.54) is 5.56 Å². The van der Waals surface area contributed by atoms with Gasteiger partial charge < -0.3 is 14.4 Å². The van der Waals surface area contributed by atoms with Crippen LogP contribution in [0, 0.1) is 0 Å². The molecule has 5 heteroatoms. The van der Waals surface area contributed by atoms with Crippen molar-refractivity contribution in [2.75, 3.05) is 13.7 Å². The predicted octanol–water partition coefficient (Wildman–Crippen LogP) is 5.51. The Morgan fingerprint density at radius 2 is 1.76 bits per heavy atom. The fourth-order valence-electron chi connectivity index (χ4n) is 4.09. The molecule has 0 N–H and O–H groups in total. The van der Waals surface area contributed by atoms with Crippen LogP contribution in [0.1, 0.15) is 56.7 Å². The van der Waals surface area contributed by atoms with E-state index in [0.717, 1.165) is 16.9 Å². The van der Waals surface area contributed by atoms with Crippen molar-refractivity contribution in [3.8, 4) is 5.75 Å². The van der Waals surface area contributed by atoms with Crippen LogP contribution in [-0.4, -0.2) is 30.5 Å². The fourth-order valence-corrected chi connectivity index (χ4v) is 4.09. The molecule has 0 saturated heterocycles. The van der Waals surface area contributed by atoms with Gasteiger partial charge in [-0.05, 0) is 41.2 Å². The van der Waals surface area contributed by atoms with E-state index in [1.54, 1.807) is 18.1 Å². The summed E-state index contributed by atoms with van der Waals surface area (Å²) in [6, 6.07) is 15.8. The molecule has 2 aromatic rings. The van der Waals surface area contributed by atoms with Crippen LogP contribution in [0.5, 0.6) is 5.75 Å². The van der Waals surface area contributed by atoms with Crippen molar-refractivity contribution in [3.05, 3.63) is 89.1 Å². The third-order valence-corrected chi connectivity index (χ3v) is 6.05. The van der Waals surface area contributed by atoms with Crippen LogP contribution in [0.25, 0.3) is 0 Å². The summed E-state index contributed by atoms with van der Waals surface area (Å²) in [5.74, 6) is -0.0302. The van der Waals surface area contributed by atoms with Crippen LogP contribution in [-0.2, 0) is 26.3 Å². The maximum Gasteiger partial charge on any atom is 0.336 e. The molecule has 1 aliphatic heterocycles. The number of amides is 1. The van der Waals surface area contributed by atoms with Crippen molar-refractivity contribution in [2.24, 2.45) is 0 Å². The molecule has 0 fully saturated rings. The van der Waals surface area contributed by atoms with Crippen molar-refractivity contribution < 1.29 is 19.1 Å². The number of nitrogens with zero attached hydrogens (tertiary/aromatic N) is 1. The van der Waals surface area contributed by atoms with Crippen LogP contribution in [0.3, 0.4) is 0 Å². The molecule has 0 aromatic heterocycles. The summed E-state index contributed by atoms with van der Waals surface area (Å²) in [6.07, 6.45) is 1.75. The molecule has 2 aromatic carbocycles. The summed E-state index contributed by atoms with van der Waals surface area (Å²) < 4.78 is 10.6.